The highest BCUT2D eigenvalue weighted by Crippen LogP contribution is 2.30. The Morgan fingerprint density at radius 3 is 2.84 bits per heavy atom. The van der Waals surface area contributed by atoms with Crippen molar-refractivity contribution >= 4 is 10.0 Å². The van der Waals surface area contributed by atoms with Crippen LogP contribution in [0.25, 0.3) is 0 Å². The molecule has 0 aromatic rings. The van der Waals surface area contributed by atoms with Crippen LogP contribution in [0.3, 0.4) is 0 Å². The standard InChI is InChI=1S/C13H22FNO3S/c1-13(2)6-5-12(18-10-13)9-19(16,17)15-7-3-4-11(14)8-15/h4,12H,3,5-10H2,1-2H3/t12-/m1/s1. The third-order valence-corrected chi connectivity index (χ3v) is 5.61. The summed E-state index contributed by atoms with van der Waals surface area (Å²) in [6, 6.07) is 0. The molecule has 2 rings (SSSR count). The van der Waals surface area contributed by atoms with E-state index in [9.17, 15) is 12.8 Å². The molecular weight excluding hydrogens is 269 g/mol. The van der Waals surface area contributed by atoms with Gasteiger partial charge in [0.1, 0.15) is 5.83 Å². The van der Waals surface area contributed by atoms with Crippen LogP contribution in [-0.4, -0.2) is 44.3 Å². The summed E-state index contributed by atoms with van der Waals surface area (Å²) >= 11 is 0. The highest BCUT2D eigenvalue weighted by Gasteiger charge is 2.33. The summed E-state index contributed by atoms with van der Waals surface area (Å²) in [6.45, 7) is 5.06. The van der Waals surface area contributed by atoms with Gasteiger partial charge in [-0.1, -0.05) is 19.9 Å². The van der Waals surface area contributed by atoms with E-state index >= 15 is 0 Å². The fourth-order valence-corrected chi connectivity index (χ4v) is 4.08. The van der Waals surface area contributed by atoms with E-state index in [1.165, 1.54) is 10.4 Å². The molecule has 2 heterocycles. The van der Waals surface area contributed by atoms with Crippen LogP contribution >= 0.6 is 0 Å². The fourth-order valence-electron chi connectivity index (χ4n) is 2.44. The summed E-state index contributed by atoms with van der Waals surface area (Å²) in [7, 11) is -3.43. The molecule has 4 nitrogen and oxygen atoms in total. The summed E-state index contributed by atoms with van der Waals surface area (Å²) < 4.78 is 44.5. The van der Waals surface area contributed by atoms with Crippen LogP contribution in [0.4, 0.5) is 4.39 Å². The molecule has 19 heavy (non-hydrogen) atoms. The summed E-state index contributed by atoms with van der Waals surface area (Å²) in [4.78, 5) is 0. The van der Waals surface area contributed by atoms with Crippen LogP contribution < -0.4 is 0 Å². The topological polar surface area (TPSA) is 46.6 Å². The maximum Gasteiger partial charge on any atom is 0.217 e. The lowest BCUT2D eigenvalue weighted by molar-refractivity contribution is -0.0374. The highest BCUT2D eigenvalue weighted by molar-refractivity contribution is 7.89. The van der Waals surface area contributed by atoms with E-state index in [1.807, 2.05) is 0 Å². The average molecular weight is 291 g/mol. The van der Waals surface area contributed by atoms with Crippen LogP contribution in [0, 0.1) is 5.41 Å². The van der Waals surface area contributed by atoms with Crippen molar-refractivity contribution in [1.29, 1.82) is 0 Å². The minimum absolute atomic E-state index is 0.0314. The quantitative estimate of drug-likeness (QED) is 0.800. The Bertz CT molecular complexity index is 449. The predicted octanol–water partition coefficient (Wildman–Crippen LogP) is 2.08. The van der Waals surface area contributed by atoms with Crippen molar-refractivity contribution in [1.82, 2.24) is 4.31 Å². The number of hydrogen-bond acceptors (Lipinski definition) is 3. The Morgan fingerprint density at radius 1 is 1.53 bits per heavy atom. The molecule has 2 aliphatic rings. The largest absolute Gasteiger partial charge is 0.377 e. The van der Waals surface area contributed by atoms with Gasteiger partial charge >= 0.3 is 0 Å². The molecule has 0 radical (unpaired) electrons. The molecule has 0 bridgehead atoms. The van der Waals surface area contributed by atoms with Gasteiger partial charge < -0.3 is 4.74 Å². The van der Waals surface area contributed by atoms with E-state index in [0.717, 1.165) is 12.8 Å². The summed E-state index contributed by atoms with van der Waals surface area (Å²) in [6.07, 6.45) is 3.35. The first-order chi connectivity index (χ1) is 8.78. The third-order valence-electron chi connectivity index (χ3n) is 3.71. The molecule has 0 N–H and O–H groups in total. The maximum absolute atomic E-state index is 13.2. The zero-order valence-electron chi connectivity index (χ0n) is 11.6. The molecule has 6 heteroatoms. The molecule has 0 saturated carbocycles. The Balaban J connectivity index is 1.93. The van der Waals surface area contributed by atoms with Gasteiger partial charge in [-0.25, -0.2) is 12.8 Å². The highest BCUT2D eigenvalue weighted by atomic mass is 32.2. The summed E-state index contributed by atoms with van der Waals surface area (Å²) in [5, 5.41) is 0. The van der Waals surface area contributed by atoms with Crippen molar-refractivity contribution in [3.05, 3.63) is 11.9 Å². The number of hydrogen-bond donors (Lipinski definition) is 0. The van der Waals surface area contributed by atoms with Gasteiger partial charge in [-0.15, -0.1) is 0 Å². The van der Waals surface area contributed by atoms with E-state index in [0.29, 0.717) is 19.6 Å². The lowest BCUT2D eigenvalue weighted by Gasteiger charge is -2.35. The smallest absolute Gasteiger partial charge is 0.217 e. The Hall–Kier alpha value is -0.460. The van der Waals surface area contributed by atoms with Crippen molar-refractivity contribution in [2.75, 3.05) is 25.4 Å². The van der Waals surface area contributed by atoms with Gasteiger partial charge in [0, 0.05) is 6.54 Å². The second-order valence-corrected chi connectivity index (χ2v) is 8.20. The number of rotatable bonds is 3. The Morgan fingerprint density at radius 2 is 2.26 bits per heavy atom. The lowest BCUT2D eigenvalue weighted by Crippen LogP contribution is -2.42. The molecule has 0 spiro atoms. The number of nitrogens with zero attached hydrogens (tertiary/aromatic N) is 1. The van der Waals surface area contributed by atoms with Crippen molar-refractivity contribution < 1.29 is 17.5 Å². The summed E-state index contributed by atoms with van der Waals surface area (Å²) in [5.74, 6) is -0.392. The molecule has 0 amide bonds. The molecule has 0 aliphatic carbocycles. The Kier molecular flexibility index (Phi) is 4.32. The maximum atomic E-state index is 13.2. The minimum Gasteiger partial charge on any atom is -0.377 e. The number of ether oxygens (including phenoxy) is 1. The van der Waals surface area contributed by atoms with Crippen LogP contribution in [0.2, 0.25) is 0 Å². The van der Waals surface area contributed by atoms with Gasteiger partial charge in [0.25, 0.3) is 0 Å². The number of sulfonamides is 1. The van der Waals surface area contributed by atoms with Crippen molar-refractivity contribution in [3.8, 4) is 0 Å². The van der Waals surface area contributed by atoms with Crippen LogP contribution in [0.1, 0.15) is 33.1 Å². The van der Waals surface area contributed by atoms with Crippen LogP contribution in [-0.2, 0) is 14.8 Å². The first-order valence-electron chi connectivity index (χ1n) is 6.72. The monoisotopic (exact) mass is 291 g/mol. The summed E-state index contributed by atoms with van der Waals surface area (Å²) in [5.41, 5.74) is 0.125. The third kappa shape index (κ3) is 4.00. The van der Waals surface area contributed by atoms with Gasteiger partial charge in [-0.05, 0) is 24.7 Å². The second kappa shape index (κ2) is 5.50. The zero-order valence-corrected chi connectivity index (χ0v) is 12.4. The van der Waals surface area contributed by atoms with Gasteiger partial charge in [0.2, 0.25) is 10.0 Å². The van der Waals surface area contributed by atoms with Gasteiger partial charge in [-0.3, -0.25) is 0 Å². The molecule has 1 atom stereocenters. The van der Waals surface area contributed by atoms with E-state index < -0.39 is 10.0 Å². The first-order valence-corrected chi connectivity index (χ1v) is 8.33. The SMILES string of the molecule is CC1(C)CC[C@H](CS(=O)(=O)N2CCC=C(F)C2)OC1. The molecule has 110 valence electrons. The molecule has 0 unspecified atom stereocenters. The van der Waals surface area contributed by atoms with Crippen LogP contribution in [0.15, 0.2) is 11.9 Å². The van der Waals surface area contributed by atoms with Crippen molar-refractivity contribution in [2.24, 2.45) is 5.41 Å². The average Bonchev–Trinajstić information content (AvgIpc) is 2.32. The van der Waals surface area contributed by atoms with Crippen molar-refractivity contribution in [2.45, 2.75) is 39.2 Å². The second-order valence-electron chi connectivity index (χ2n) is 6.19. The van der Waals surface area contributed by atoms with Gasteiger partial charge in [-0.2, -0.15) is 4.31 Å². The van der Waals surface area contributed by atoms with Gasteiger partial charge in [0.05, 0.1) is 25.0 Å². The molecule has 0 aromatic heterocycles. The van der Waals surface area contributed by atoms with Crippen LogP contribution in [0.5, 0.6) is 0 Å². The van der Waals surface area contributed by atoms with Gasteiger partial charge in [0.15, 0.2) is 0 Å². The normalized spacial score (nSPS) is 29.0. The van der Waals surface area contributed by atoms with E-state index in [-0.39, 0.29) is 29.6 Å². The fraction of sp³-hybridized carbons (Fsp3) is 0.846. The van der Waals surface area contributed by atoms with E-state index in [1.54, 1.807) is 0 Å². The molecule has 0 aromatic carbocycles. The minimum atomic E-state index is -3.43. The number of halogens is 1. The lowest BCUT2D eigenvalue weighted by atomic mass is 9.86. The van der Waals surface area contributed by atoms with Crippen molar-refractivity contribution in [3.63, 3.8) is 0 Å². The zero-order chi connectivity index (χ0) is 14.1. The Labute approximate surface area is 114 Å². The molecular formula is C13H22FNO3S. The molecule has 1 saturated heterocycles. The predicted molar refractivity (Wildman–Crippen MR) is 71.9 cm³/mol. The molecule has 1 fully saturated rings. The molecule has 2 aliphatic heterocycles. The first kappa shape index (κ1) is 14.9. The van der Waals surface area contributed by atoms with E-state index in [2.05, 4.69) is 13.8 Å². The van der Waals surface area contributed by atoms with E-state index in [4.69, 9.17) is 4.74 Å².